The Morgan fingerprint density at radius 2 is 2.31 bits per heavy atom. The molecule has 0 amide bonds. The predicted molar refractivity (Wildman–Crippen MR) is 60.1 cm³/mol. The largest absolute Gasteiger partial charge is 0.548 e. The molecule has 1 fully saturated rings. The molecule has 0 aliphatic carbocycles. The number of methoxy groups -OCH3 is 1. The Morgan fingerprint density at radius 3 is 2.94 bits per heavy atom. The van der Waals surface area contributed by atoms with Crippen molar-refractivity contribution < 1.29 is 14.6 Å². The van der Waals surface area contributed by atoms with Crippen molar-refractivity contribution in [2.24, 2.45) is 0 Å². The molecule has 2 rings (SSSR count). The molecule has 0 saturated carbocycles. The van der Waals surface area contributed by atoms with E-state index in [1.54, 1.807) is 18.9 Å². The lowest BCUT2D eigenvalue weighted by Gasteiger charge is -2.16. The molecular weight excluding hydrogens is 226 g/mol. The lowest BCUT2D eigenvalue weighted by atomic mass is 10.2. The second-order valence-corrected chi connectivity index (χ2v) is 4.63. The Labute approximate surface area is 98.0 Å². The van der Waals surface area contributed by atoms with E-state index >= 15 is 0 Å². The maximum absolute atomic E-state index is 10.7. The number of aliphatic carboxylic acids is 1. The van der Waals surface area contributed by atoms with Gasteiger partial charge < -0.3 is 14.6 Å². The molecule has 5 heteroatoms. The molecule has 1 aromatic rings. The highest BCUT2D eigenvalue weighted by atomic mass is 32.2. The second kappa shape index (κ2) is 4.76. The Balaban J connectivity index is 2.17. The summed E-state index contributed by atoms with van der Waals surface area (Å²) < 4.78 is 5.24. The van der Waals surface area contributed by atoms with Gasteiger partial charge in [0.05, 0.1) is 24.5 Å². The van der Waals surface area contributed by atoms with E-state index in [2.05, 4.69) is 5.32 Å². The molecule has 1 aliphatic rings. The van der Waals surface area contributed by atoms with Crippen molar-refractivity contribution in [1.29, 1.82) is 0 Å². The van der Waals surface area contributed by atoms with Crippen LogP contribution in [-0.2, 0) is 4.79 Å². The van der Waals surface area contributed by atoms with Crippen LogP contribution in [0.1, 0.15) is 10.9 Å². The number of ether oxygens (including phenoxy) is 1. The monoisotopic (exact) mass is 238 g/mol. The molecule has 86 valence electrons. The smallest absolute Gasteiger partial charge is 0.124 e. The molecule has 0 spiro atoms. The fourth-order valence-electron chi connectivity index (χ4n) is 1.67. The van der Waals surface area contributed by atoms with Gasteiger partial charge in [-0.05, 0) is 6.07 Å². The van der Waals surface area contributed by atoms with Crippen LogP contribution >= 0.6 is 11.8 Å². The van der Waals surface area contributed by atoms with Crippen molar-refractivity contribution >= 4 is 17.7 Å². The standard InChI is InChI=1S/C11H13NO3S/c1-15-9-5-3-2-4-7(9)10-12-8(6-16-10)11(13)14/h2-5,8,10,12H,6H2,1H3,(H,13,14)/p-1/t8-,10?/m0/s1. The molecule has 1 heterocycles. The molecule has 1 unspecified atom stereocenters. The highest BCUT2D eigenvalue weighted by Gasteiger charge is 2.27. The van der Waals surface area contributed by atoms with Crippen molar-refractivity contribution in [2.45, 2.75) is 11.4 Å². The molecule has 1 saturated heterocycles. The van der Waals surface area contributed by atoms with E-state index in [1.807, 2.05) is 24.3 Å². The van der Waals surface area contributed by atoms with Gasteiger partial charge in [-0.2, -0.15) is 0 Å². The molecule has 1 aliphatic heterocycles. The van der Waals surface area contributed by atoms with Gasteiger partial charge in [-0.1, -0.05) is 18.2 Å². The number of rotatable bonds is 3. The average molecular weight is 238 g/mol. The fourth-order valence-corrected chi connectivity index (χ4v) is 2.92. The van der Waals surface area contributed by atoms with Crippen LogP contribution in [0, 0.1) is 0 Å². The Kier molecular flexibility index (Phi) is 3.36. The van der Waals surface area contributed by atoms with E-state index in [9.17, 15) is 9.90 Å². The summed E-state index contributed by atoms with van der Waals surface area (Å²) in [6, 6.07) is 7.01. The SMILES string of the molecule is COc1ccccc1C1N[C@H](C(=O)[O-])CS1. The van der Waals surface area contributed by atoms with Gasteiger partial charge in [-0.3, -0.25) is 5.32 Å². The van der Waals surface area contributed by atoms with Crippen molar-refractivity contribution in [2.75, 3.05) is 12.9 Å². The predicted octanol–water partition coefficient (Wildman–Crippen LogP) is 0.149. The molecule has 0 radical (unpaired) electrons. The van der Waals surface area contributed by atoms with Gasteiger partial charge >= 0.3 is 0 Å². The number of hydrogen-bond acceptors (Lipinski definition) is 5. The molecule has 0 aromatic heterocycles. The highest BCUT2D eigenvalue weighted by molar-refractivity contribution is 7.99. The van der Waals surface area contributed by atoms with Crippen LogP contribution in [0.25, 0.3) is 0 Å². The third-order valence-corrected chi connectivity index (χ3v) is 3.74. The van der Waals surface area contributed by atoms with Crippen LogP contribution < -0.4 is 15.2 Å². The summed E-state index contributed by atoms with van der Waals surface area (Å²) >= 11 is 1.55. The van der Waals surface area contributed by atoms with Crippen LogP contribution in [0.2, 0.25) is 0 Å². The van der Waals surface area contributed by atoms with Crippen LogP contribution in [-0.4, -0.2) is 24.9 Å². The number of carboxylic acid groups (broad SMARTS) is 1. The molecular formula is C11H12NO3S-. The third kappa shape index (κ3) is 2.15. The first-order valence-electron chi connectivity index (χ1n) is 4.94. The number of carboxylic acids is 1. The summed E-state index contributed by atoms with van der Waals surface area (Å²) in [6.07, 6.45) is 0. The first-order chi connectivity index (χ1) is 7.72. The van der Waals surface area contributed by atoms with E-state index in [1.165, 1.54) is 0 Å². The summed E-state index contributed by atoms with van der Waals surface area (Å²) in [5.41, 5.74) is 0.971. The molecule has 0 bridgehead atoms. The molecule has 4 nitrogen and oxygen atoms in total. The van der Waals surface area contributed by atoms with E-state index in [-0.39, 0.29) is 5.37 Å². The van der Waals surface area contributed by atoms with Crippen LogP contribution in [0.3, 0.4) is 0 Å². The quantitative estimate of drug-likeness (QED) is 0.812. The zero-order chi connectivity index (χ0) is 11.5. The minimum absolute atomic E-state index is 0.0425. The van der Waals surface area contributed by atoms with Gasteiger partial charge in [-0.25, -0.2) is 0 Å². The number of nitrogens with one attached hydrogen (secondary N) is 1. The summed E-state index contributed by atoms with van der Waals surface area (Å²) in [6.45, 7) is 0. The third-order valence-electron chi connectivity index (χ3n) is 2.49. The maximum atomic E-state index is 10.7. The minimum Gasteiger partial charge on any atom is -0.548 e. The van der Waals surface area contributed by atoms with Gasteiger partial charge in [-0.15, -0.1) is 11.8 Å². The first-order valence-corrected chi connectivity index (χ1v) is 5.98. The number of carbonyl (C=O) groups is 1. The van der Waals surface area contributed by atoms with Gasteiger partial charge in [0.15, 0.2) is 0 Å². The van der Waals surface area contributed by atoms with E-state index in [0.717, 1.165) is 11.3 Å². The average Bonchev–Trinajstić information content (AvgIpc) is 2.78. The molecule has 1 aromatic carbocycles. The maximum Gasteiger partial charge on any atom is 0.124 e. The van der Waals surface area contributed by atoms with E-state index in [0.29, 0.717) is 5.75 Å². The Bertz CT molecular complexity index is 397. The van der Waals surface area contributed by atoms with Crippen molar-refractivity contribution in [3.8, 4) is 5.75 Å². The van der Waals surface area contributed by atoms with Crippen LogP contribution in [0.15, 0.2) is 24.3 Å². The Hall–Kier alpha value is -1.20. The zero-order valence-electron chi connectivity index (χ0n) is 8.80. The fraction of sp³-hybridized carbons (Fsp3) is 0.364. The normalized spacial score (nSPS) is 24.3. The first kappa shape index (κ1) is 11.3. The zero-order valence-corrected chi connectivity index (χ0v) is 9.62. The van der Waals surface area contributed by atoms with Crippen LogP contribution in [0.4, 0.5) is 0 Å². The van der Waals surface area contributed by atoms with E-state index in [4.69, 9.17) is 4.74 Å². The summed E-state index contributed by atoms with van der Waals surface area (Å²) in [5, 5.41) is 13.7. The van der Waals surface area contributed by atoms with Gasteiger partial charge in [0.25, 0.3) is 0 Å². The number of thioether (sulfide) groups is 1. The molecule has 16 heavy (non-hydrogen) atoms. The topological polar surface area (TPSA) is 61.4 Å². The van der Waals surface area contributed by atoms with Crippen LogP contribution in [0.5, 0.6) is 5.75 Å². The lowest BCUT2D eigenvalue weighted by Crippen LogP contribution is -2.43. The molecule has 1 N–H and O–H groups in total. The number of hydrogen-bond donors (Lipinski definition) is 1. The summed E-state index contributed by atoms with van der Waals surface area (Å²) in [4.78, 5) is 10.7. The summed E-state index contributed by atoms with van der Waals surface area (Å²) in [5.74, 6) is 0.238. The summed E-state index contributed by atoms with van der Waals surface area (Å²) in [7, 11) is 1.61. The second-order valence-electron chi connectivity index (χ2n) is 3.49. The van der Waals surface area contributed by atoms with E-state index < -0.39 is 12.0 Å². The number of para-hydroxylation sites is 1. The minimum atomic E-state index is -1.05. The molecule has 2 atom stereocenters. The Morgan fingerprint density at radius 1 is 1.56 bits per heavy atom. The highest BCUT2D eigenvalue weighted by Crippen LogP contribution is 2.37. The number of carbonyl (C=O) groups excluding carboxylic acids is 1. The van der Waals surface area contributed by atoms with Gasteiger partial charge in [0.2, 0.25) is 0 Å². The van der Waals surface area contributed by atoms with Crippen molar-refractivity contribution in [1.82, 2.24) is 5.32 Å². The van der Waals surface area contributed by atoms with Gasteiger partial charge in [0, 0.05) is 11.3 Å². The van der Waals surface area contributed by atoms with Crippen molar-refractivity contribution in [3.05, 3.63) is 29.8 Å². The number of benzene rings is 1. The van der Waals surface area contributed by atoms with Gasteiger partial charge in [0.1, 0.15) is 5.75 Å². The lowest BCUT2D eigenvalue weighted by molar-refractivity contribution is -0.307. The van der Waals surface area contributed by atoms with Crippen molar-refractivity contribution in [3.63, 3.8) is 0 Å².